The molecule has 0 fully saturated rings. The Labute approximate surface area is 169 Å². The molecule has 1 heterocycles. The van der Waals surface area contributed by atoms with Crippen molar-refractivity contribution in [3.63, 3.8) is 0 Å². The highest BCUT2D eigenvalue weighted by Crippen LogP contribution is 2.14. The van der Waals surface area contributed by atoms with Gasteiger partial charge in [0.1, 0.15) is 12.4 Å². The number of ether oxygens (including phenoxy) is 1. The molecule has 3 rings (SSSR count). The molecule has 6 heteroatoms. The first-order valence-electron chi connectivity index (χ1n) is 9.33. The molecule has 6 nitrogen and oxygen atoms in total. The van der Waals surface area contributed by atoms with E-state index in [9.17, 15) is 9.59 Å². The second-order valence-corrected chi connectivity index (χ2v) is 6.58. The molecule has 0 aliphatic heterocycles. The van der Waals surface area contributed by atoms with Crippen molar-refractivity contribution in [1.82, 2.24) is 15.6 Å². The average Bonchev–Trinajstić information content (AvgIpc) is 2.76. The van der Waals surface area contributed by atoms with Crippen LogP contribution < -0.4 is 15.4 Å². The van der Waals surface area contributed by atoms with Crippen LogP contribution in [0.3, 0.4) is 0 Å². The lowest BCUT2D eigenvalue weighted by atomic mass is 10.1. The Kier molecular flexibility index (Phi) is 6.95. The second kappa shape index (κ2) is 10.0. The van der Waals surface area contributed by atoms with Crippen molar-refractivity contribution in [1.29, 1.82) is 0 Å². The van der Waals surface area contributed by atoms with Gasteiger partial charge in [0.2, 0.25) is 5.91 Å². The van der Waals surface area contributed by atoms with Crippen molar-refractivity contribution in [2.24, 2.45) is 0 Å². The lowest BCUT2D eigenvalue weighted by molar-refractivity contribution is -0.120. The summed E-state index contributed by atoms with van der Waals surface area (Å²) in [6.07, 6.45) is 1.72. The van der Waals surface area contributed by atoms with Crippen LogP contribution in [-0.4, -0.2) is 23.3 Å². The summed E-state index contributed by atoms with van der Waals surface area (Å²) in [5, 5.41) is 5.42. The predicted octanol–water partition coefficient (Wildman–Crippen LogP) is 3.02. The van der Waals surface area contributed by atoms with E-state index in [-0.39, 0.29) is 18.4 Å². The van der Waals surface area contributed by atoms with Gasteiger partial charge < -0.3 is 15.4 Å². The van der Waals surface area contributed by atoms with E-state index in [1.54, 1.807) is 18.3 Å². The Hall–Kier alpha value is -3.67. The monoisotopic (exact) mass is 389 g/mol. The Bertz CT molecular complexity index is 957. The van der Waals surface area contributed by atoms with E-state index in [0.29, 0.717) is 24.5 Å². The third-order valence-corrected chi connectivity index (χ3v) is 4.22. The molecule has 0 saturated heterocycles. The van der Waals surface area contributed by atoms with Gasteiger partial charge in [0.15, 0.2) is 0 Å². The zero-order valence-corrected chi connectivity index (χ0v) is 16.2. The fourth-order valence-corrected chi connectivity index (χ4v) is 2.62. The summed E-state index contributed by atoms with van der Waals surface area (Å²) in [5.74, 6) is 0.172. The minimum absolute atomic E-state index is 0.0808. The molecular formula is C23H23N3O3. The van der Waals surface area contributed by atoms with Gasteiger partial charge in [-0.05, 0) is 48.9 Å². The largest absolute Gasteiger partial charge is 0.487 e. The van der Waals surface area contributed by atoms with Crippen LogP contribution in [0.25, 0.3) is 0 Å². The standard InChI is InChI=1S/C23H23N3O3/c1-17-8-10-19(11-9-17)23(28)26-15-22(27)25-14-18-5-4-7-21(13-18)29-16-20-6-2-3-12-24-20/h2-13H,14-16H2,1H3,(H,25,27)(H,26,28). The molecule has 0 aliphatic rings. The molecule has 0 saturated carbocycles. The molecule has 0 unspecified atom stereocenters. The average molecular weight is 389 g/mol. The smallest absolute Gasteiger partial charge is 0.251 e. The molecule has 1 aromatic heterocycles. The molecular weight excluding hydrogens is 366 g/mol. The minimum atomic E-state index is -0.273. The topological polar surface area (TPSA) is 80.3 Å². The summed E-state index contributed by atoms with van der Waals surface area (Å²) in [6, 6.07) is 20.4. The van der Waals surface area contributed by atoms with Crippen molar-refractivity contribution >= 4 is 11.8 Å². The fraction of sp³-hybridized carbons (Fsp3) is 0.174. The lowest BCUT2D eigenvalue weighted by Crippen LogP contribution is -2.36. The lowest BCUT2D eigenvalue weighted by Gasteiger charge is -2.10. The number of nitrogens with zero attached hydrogens (tertiary/aromatic N) is 1. The Balaban J connectivity index is 1.43. The van der Waals surface area contributed by atoms with Gasteiger partial charge in [0.25, 0.3) is 5.91 Å². The van der Waals surface area contributed by atoms with Gasteiger partial charge >= 0.3 is 0 Å². The van der Waals surface area contributed by atoms with Crippen molar-refractivity contribution in [2.75, 3.05) is 6.54 Å². The minimum Gasteiger partial charge on any atom is -0.487 e. The van der Waals surface area contributed by atoms with Crippen molar-refractivity contribution < 1.29 is 14.3 Å². The first-order valence-corrected chi connectivity index (χ1v) is 9.33. The van der Waals surface area contributed by atoms with Crippen molar-refractivity contribution in [3.05, 3.63) is 95.3 Å². The number of nitrogens with one attached hydrogen (secondary N) is 2. The molecule has 2 amide bonds. The number of aryl methyl sites for hydroxylation is 1. The summed E-state index contributed by atoms with van der Waals surface area (Å²) in [7, 11) is 0. The zero-order chi connectivity index (χ0) is 20.5. The molecule has 3 aromatic rings. The van der Waals surface area contributed by atoms with Gasteiger partial charge in [0.05, 0.1) is 12.2 Å². The highest BCUT2D eigenvalue weighted by Gasteiger charge is 2.08. The molecule has 29 heavy (non-hydrogen) atoms. The zero-order valence-electron chi connectivity index (χ0n) is 16.2. The van der Waals surface area contributed by atoms with Crippen LogP contribution in [0.5, 0.6) is 5.75 Å². The Morgan fingerprint density at radius 2 is 1.79 bits per heavy atom. The molecule has 2 N–H and O–H groups in total. The highest BCUT2D eigenvalue weighted by atomic mass is 16.5. The van der Waals surface area contributed by atoms with Crippen LogP contribution in [0.1, 0.15) is 27.2 Å². The van der Waals surface area contributed by atoms with Gasteiger partial charge in [0, 0.05) is 18.3 Å². The van der Waals surface area contributed by atoms with E-state index < -0.39 is 0 Å². The number of carbonyl (C=O) groups is 2. The molecule has 0 atom stereocenters. The normalized spacial score (nSPS) is 10.2. The highest BCUT2D eigenvalue weighted by molar-refractivity contribution is 5.96. The van der Waals surface area contributed by atoms with Crippen molar-refractivity contribution in [3.8, 4) is 5.75 Å². The van der Waals surface area contributed by atoms with Crippen LogP contribution >= 0.6 is 0 Å². The van der Waals surface area contributed by atoms with Crippen LogP contribution in [0, 0.1) is 6.92 Å². The SMILES string of the molecule is Cc1ccc(C(=O)NCC(=O)NCc2cccc(OCc3ccccn3)c2)cc1. The van der Waals surface area contributed by atoms with Gasteiger partial charge in [-0.15, -0.1) is 0 Å². The van der Waals surface area contributed by atoms with Crippen LogP contribution in [-0.2, 0) is 17.9 Å². The van der Waals surface area contributed by atoms with Gasteiger partial charge in [-0.3, -0.25) is 14.6 Å². The molecule has 0 spiro atoms. The van der Waals surface area contributed by atoms with Gasteiger partial charge in [-0.25, -0.2) is 0 Å². The van der Waals surface area contributed by atoms with Crippen LogP contribution in [0.15, 0.2) is 72.9 Å². The first-order chi connectivity index (χ1) is 14.1. The van der Waals surface area contributed by atoms with E-state index in [4.69, 9.17) is 4.74 Å². The van der Waals surface area contributed by atoms with E-state index in [2.05, 4.69) is 15.6 Å². The summed E-state index contributed by atoms with van der Waals surface area (Å²) >= 11 is 0. The number of hydrogen-bond donors (Lipinski definition) is 2. The summed E-state index contributed by atoms with van der Waals surface area (Å²) in [4.78, 5) is 28.3. The van der Waals surface area contributed by atoms with Gasteiger partial charge in [-0.2, -0.15) is 0 Å². The number of aromatic nitrogens is 1. The number of benzene rings is 2. The molecule has 0 aliphatic carbocycles. The molecule has 0 bridgehead atoms. The van der Waals surface area contributed by atoms with E-state index >= 15 is 0 Å². The Morgan fingerprint density at radius 1 is 0.966 bits per heavy atom. The predicted molar refractivity (Wildman–Crippen MR) is 110 cm³/mol. The maximum absolute atomic E-state index is 12.1. The van der Waals surface area contributed by atoms with Gasteiger partial charge in [-0.1, -0.05) is 35.9 Å². The van der Waals surface area contributed by atoms with E-state index in [0.717, 1.165) is 16.8 Å². The summed E-state index contributed by atoms with van der Waals surface area (Å²) in [6.45, 7) is 2.60. The first kappa shape index (κ1) is 20.1. The van der Waals surface area contributed by atoms with E-state index in [1.807, 2.05) is 61.5 Å². The number of carbonyl (C=O) groups excluding carboxylic acids is 2. The molecule has 0 radical (unpaired) electrons. The third kappa shape index (κ3) is 6.46. The summed E-state index contributed by atoms with van der Waals surface area (Å²) < 4.78 is 5.74. The maximum atomic E-state index is 12.1. The Morgan fingerprint density at radius 3 is 2.55 bits per heavy atom. The summed E-state index contributed by atoms with van der Waals surface area (Å²) in [5.41, 5.74) is 3.35. The van der Waals surface area contributed by atoms with Crippen molar-refractivity contribution in [2.45, 2.75) is 20.1 Å². The fourth-order valence-electron chi connectivity index (χ4n) is 2.62. The number of pyridine rings is 1. The van der Waals surface area contributed by atoms with E-state index in [1.165, 1.54) is 0 Å². The van der Waals surface area contributed by atoms with Crippen LogP contribution in [0.2, 0.25) is 0 Å². The number of amides is 2. The molecule has 148 valence electrons. The number of rotatable bonds is 8. The molecule has 2 aromatic carbocycles. The quantitative estimate of drug-likeness (QED) is 0.621. The third-order valence-electron chi connectivity index (χ3n) is 4.22. The second-order valence-electron chi connectivity index (χ2n) is 6.58. The maximum Gasteiger partial charge on any atom is 0.251 e. The number of hydrogen-bond acceptors (Lipinski definition) is 4. The van der Waals surface area contributed by atoms with Crippen LogP contribution in [0.4, 0.5) is 0 Å².